The van der Waals surface area contributed by atoms with Gasteiger partial charge < -0.3 is 14.7 Å². The van der Waals surface area contributed by atoms with Crippen LogP contribution in [-0.2, 0) is 4.79 Å². The molecule has 6 heteroatoms. The van der Waals surface area contributed by atoms with Crippen LogP contribution in [0.25, 0.3) is 0 Å². The number of aliphatic hydroxyl groups is 1. The molecule has 1 atom stereocenters. The summed E-state index contributed by atoms with van der Waals surface area (Å²) in [6, 6.07) is 6.97. The normalized spacial score (nSPS) is 12.3. The van der Waals surface area contributed by atoms with Crippen molar-refractivity contribution in [2.45, 2.75) is 13.0 Å². The molecule has 0 saturated carbocycles. The molecule has 0 bridgehead atoms. The van der Waals surface area contributed by atoms with Gasteiger partial charge in [0.05, 0.1) is 6.54 Å². The molecule has 0 heterocycles. The van der Waals surface area contributed by atoms with Crippen molar-refractivity contribution in [2.75, 3.05) is 40.3 Å². The van der Waals surface area contributed by atoms with E-state index in [9.17, 15) is 9.90 Å². The fourth-order valence-corrected chi connectivity index (χ4v) is 1.84. The molecule has 0 aromatic heterocycles. The minimum Gasteiger partial charge on any atom is -0.491 e. The number of hydrogen-bond acceptors (Lipinski definition) is 4. The van der Waals surface area contributed by atoms with Crippen molar-refractivity contribution >= 4 is 17.5 Å². The monoisotopic (exact) mass is 314 g/mol. The van der Waals surface area contributed by atoms with Crippen molar-refractivity contribution in [3.05, 3.63) is 29.3 Å². The number of ether oxygens (including phenoxy) is 1. The van der Waals surface area contributed by atoms with Crippen molar-refractivity contribution in [1.82, 2.24) is 9.80 Å². The van der Waals surface area contributed by atoms with Gasteiger partial charge in [0.1, 0.15) is 18.5 Å². The van der Waals surface area contributed by atoms with Crippen LogP contribution in [0.1, 0.15) is 6.92 Å². The molecule has 1 rings (SSSR count). The summed E-state index contributed by atoms with van der Waals surface area (Å²) in [5.74, 6) is 0.675. The summed E-state index contributed by atoms with van der Waals surface area (Å²) in [5, 5.41) is 10.6. The number of benzene rings is 1. The number of likely N-dealkylation sites (N-methyl/N-ethyl adjacent to an activating group) is 2. The summed E-state index contributed by atoms with van der Waals surface area (Å²) in [6.07, 6.45) is -0.657. The fraction of sp³-hybridized carbons (Fsp3) is 0.533. The molecular formula is C15H23ClN2O3. The van der Waals surface area contributed by atoms with Crippen LogP contribution in [0.3, 0.4) is 0 Å². The van der Waals surface area contributed by atoms with Crippen LogP contribution in [0, 0.1) is 0 Å². The number of amides is 1. The summed E-state index contributed by atoms with van der Waals surface area (Å²) >= 11 is 5.79. The first-order chi connectivity index (χ1) is 9.92. The van der Waals surface area contributed by atoms with Gasteiger partial charge in [0.25, 0.3) is 0 Å². The summed E-state index contributed by atoms with van der Waals surface area (Å²) in [5.41, 5.74) is 0. The topological polar surface area (TPSA) is 53.0 Å². The van der Waals surface area contributed by atoms with Gasteiger partial charge >= 0.3 is 0 Å². The minimum absolute atomic E-state index is 0.0164. The van der Waals surface area contributed by atoms with Crippen LogP contribution in [0.15, 0.2) is 24.3 Å². The van der Waals surface area contributed by atoms with Crippen molar-refractivity contribution in [3.63, 3.8) is 0 Å². The summed E-state index contributed by atoms with van der Waals surface area (Å²) in [4.78, 5) is 15.1. The van der Waals surface area contributed by atoms with Gasteiger partial charge in [0, 0.05) is 25.7 Å². The molecule has 0 aliphatic rings. The Morgan fingerprint density at radius 1 is 1.33 bits per heavy atom. The predicted octanol–water partition coefficient (Wildman–Crippen LogP) is 1.49. The molecule has 21 heavy (non-hydrogen) atoms. The van der Waals surface area contributed by atoms with Crippen molar-refractivity contribution < 1.29 is 14.6 Å². The Bertz CT molecular complexity index is 437. The molecule has 0 spiro atoms. The van der Waals surface area contributed by atoms with E-state index in [-0.39, 0.29) is 12.5 Å². The first kappa shape index (κ1) is 17.8. The number of carbonyl (C=O) groups excluding carboxylic acids is 1. The highest BCUT2D eigenvalue weighted by atomic mass is 35.5. The predicted molar refractivity (Wildman–Crippen MR) is 83.8 cm³/mol. The SMILES string of the molecule is CCN(CC(=O)N(C)C)C[C@H](O)COc1ccc(Cl)cc1. The first-order valence-corrected chi connectivity index (χ1v) is 7.29. The van der Waals surface area contributed by atoms with Gasteiger partial charge in [-0.2, -0.15) is 0 Å². The van der Waals surface area contributed by atoms with Gasteiger partial charge in [-0.25, -0.2) is 0 Å². The lowest BCUT2D eigenvalue weighted by Crippen LogP contribution is -2.41. The highest BCUT2D eigenvalue weighted by Gasteiger charge is 2.15. The van der Waals surface area contributed by atoms with Gasteiger partial charge in [-0.15, -0.1) is 0 Å². The van der Waals surface area contributed by atoms with Gasteiger partial charge in [0.15, 0.2) is 0 Å². The number of aliphatic hydroxyl groups excluding tert-OH is 1. The van der Waals surface area contributed by atoms with E-state index in [0.717, 1.165) is 0 Å². The highest BCUT2D eigenvalue weighted by molar-refractivity contribution is 6.30. The van der Waals surface area contributed by atoms with Crippen LogP contribution in [0.2, 0.25) is 5.02 Å². The second kappa shape index (κ2) is 8.87. The lowest BCUT2D eigenvalue weighted by atomic mass is 10.3. The Hall–Kier alpha value is -1.30. The summed E-state index contributed by atoms with van der Waals surface area (Å²) in [7, 11) is 3.44. The van der Waals surface area contributed by atoms with Crippen molar-refractivity contribution in [1.29, 1.82) is 0 Å². The number of carbonyl (C=O) groups is 1. The maximum absolute atomic E-state index is 11.7. The van der Waals surface area contributed by atoms with Crippen molar-refractivity contribution in [3.8, 4) is 5.75 Å². The molecule has 0 aliphatic carbocycles. The first-order valence-electron chi connectivity index (χ1n) is 6.91. The van der Waals surface area contributed by atoms with Crippen LogP contribution in [0.5, 0.6) is 5.75 Å². The lowest BCUT2D eigenvalue weighted by molar-refractivity contribution is -0.130. The minimum atomic E-state index is -0.657. The second-order valence-corrected chi connectivity index (χ2v) is 5.47. The zero-order valence-electron chi connectivity index (χ0n) is 12.8. The van der Waals surface area contributed by atoms with Gasteiger partial charge in [-0.1, -0.05) is 18.5 Å². The molecule has 0 radical (unpaired) electrons. The molecule has 1 aromatic rings. The molecule has 0 saturated heterocycles. The van der Waals surface area contributed by atoms with Crippen LogP contribution < -0.4 is 4.74 Å². The molecule has 0 unspecified atom stereocenters. The molecular weight excluding hydrogens is 292 g/mol. The van der Waals surface area contributed by atoms with Crippen LogP contribution in [-0.4, -0.2) is 67.3 Å². The third-order valence-corrected chi connectivity index (χ3v) is 3.28. The Morgan fingerprint density at radius 3 is 2.48 bits per heavy atom. The van der Waals surface area contributed by atoms with E-state index in [2.05, 4.69) is 0 Å². The molecule has 118 valence electrons. The van der Waals surface area contributed by atoms with E-state index in [1.165, 1.54) is 0 Å². The Labute approximate surface area is 131 Å². The Balaban J connectivity index is 2.38. The molecule has 0 aliphatic heterocycles. The average molecular weight is 315 g/mol. The van der Waals surface area contributed by atoms with Crippen LogP contribution >= 0.6 is 11.6 Å². The largest absolute Gasteiger partial charge is 0.491 e. The number of nitrogens with zero attached hydrogens (tertiary/aromatic N) is 2. The maximum atomic E-state index is 11.7. The zero-order valence-corrected chi connectivity index (χ0v) is 13.5. The summed E-state index contributed by atoms with van der Waals surface area (Å²) < 4.78 is 5.49. The third-order valence-electron chi connectivity index (χ3n) is 3.03. The van der Waals surface area contributed by atoms with E-state index in [0.29, 0.717) is 30.4 Å². The zero-order chi connectivity index (χ0) is 15.8. The standard InChI is InChI=1S/C15H23ClN2O3/c1-4-18(10-15(20)17(2)3)9-13(19)11-21-14-7-5-12(16)6-8-14/h5-8,13,19H,4,9-11H2,1-3H3/t13-/m0/s1. The molecule has 5 nitrogen and oxygen atoms in total. The fourth-order valence-electron chi connectivity index (χ4n) is 1.71. The maximum Gasteiger partial charge on any atom is 0.236 e. The highest BCUT2D eigenvalue weighted by Crippen LogP contribution is 2.15. The smallest absolute Gasteiger partial charge is 0.236 e. The second-order valence-electron chi connectivity index (χ2n) is 5.03. The lowest BCUT2D eigenvalue weighted by Gasteiger charge is -2.24. The summed E-state index contributed by atoms with van der Waals surface area (Å²) in [6.45, 7) is 3.51. The van der Waals surface area contributed by atoms with E-state index >= 15 is 0 Å². The average Bonchev–Trinajstić information content (AvgIpc) is 2.45. The Morgan fingerprint density at radius 2 is 1.95 bits per heavy atom. The van der Waals surface area contributed by atoms with E-state index in [1.807, 2.05) is 11.8 Å². The van der Waals surface area contributed by atoms with E-state index in [4.69, 9.17) is 16.3 Å². The Kier molecular flexibility index (Phi) is 7.50. The molecule has 1 N–H and O–H groups in total. The molecule has 0 fully saturated rings. The van der Waals surface area contributed by atoms with Gasteiger partial charge in [0.2, 0.25) is 5.91 Å². The number of hydrogen-bond donors (Lipinski definition) is 1. The molecule has 1 aromatic carbocycles. The van der Waals surface area contributed by atoms with Crippen molar-refractivity contribution in [2.24, 2.45) is 0 Å². The number of halogens is 1. The van der Waals surface area contributed by atoms with Crippen LogP contribution in [0.4, 0.5) is 0 Å². The third kappa shape index (κ3) is 6.80. The quantitative estimate of drug-likeness (QED) is 0.790. The van der Waals surface area contributed by atoms with E-state index in [1.54, 1.807) is 43.3 Å². The molecule has 1 amide bonds. The van der Waals surface area contributed by atoms with Gasteiger partial charge in [-0.3, -0.25) is 9.69 Å². The van der Waals surface area contributed by atoms with E-state index < -0.39 is 6.10 Å². The van der Waals surface area contributed by atoms with Gasteiger partial charge in [-0.05, 0) is 30.8 Å². The number of rotatable bonds is 8.